The van der Waals surface area contributed by atoms with Gasteiger partial charge in [0.25, 0.3) is 0 Å². The highest BCUT2D eigenvalue weighted by Crippen LogP contribution is 2.52. The molecule has 66 valence electrons. The Labute approximate surface area is 78.1 Å². The van der Waals surface area contributed by atoms with Gasteiger partial charge in [0.05, 0.1) is 6.07 Å². The van der Waals surface area contributed by atoms with Gasteiger partial charge in [-0.2, -0.15) is 5.26 Å². The van der Waals surface area contributed by atoms with Crippen molar-refractivity contribution in [3.05, 3.63) is 0 Å². The number of nitrogens with zero attached hydrogens (tertiary/aromatic N) is 2. The van der Waals surface area contributed by atoms with Crippen molar-refractivity contribution in [3.63, 3.8) is 0 Å². The van der Waals surface area contributed by atoms with Crippen molar-refractivity contribution >= 4 is 11.6 Å². The number of hydrogen-bond donors (Lipinski definition) is 0. The van der Waals surface area contributed by atoms with Gasteiger partial charge in [0.15, 0.2) is 0 Å². The molecule has 1 heterocycles. The highest BCUT2D eigenvalue weighted by molar-refractivity contribution is 6.22. The summed E-state index contributed by atoms with van der Waals surface area (Å²) >= 11 is 5.76. The van der Waals surface area contributed by atoms with Crippen LogP contribution in [0.25, 0.3) is 0 Å². The topological polar surface area (TPSA) is 27.0 Å². The molecule has 1 spiro atoms. The van der Waals surface area contributed by atoms with Gasteiger partial charge in [-0.3, -0.25) is 0 Å². The van der Waals surface area contributed by atoms with Crippen LogP contribution in [-0.2, 0) is 0 Å². The summed E-state index contributed by atoms with van der Waals surface area (Å²) in [5.74, 6) is 0. The maximum absolute atomic E-state index is 8.53. The van der Waals surface area contributed by atoms with Crippen LogP contribution in [0.1, 0.15) is 19.3 Å². The zero-order chi connectivity index (χ0) is 8.60. The smallest absolute Gasteiger partial charge is 0.133 e. The molecule has 0 bridgehead atoms. The van der Waals surface area contributed by atoms with E-state index in [9.17, 15) is 0 Å². The lowest BCUT2D eigenvalue weighted by molar-refractivity contribution is 0.329. The summed E-state index contributed by atoms with van der Waals surface area (Å²) in [6, 6.07) is 2.06. The van der Waals surface area contributed by atoms with Crippen molar-refractivity contribution in [2.24, 2.45) is 5.41 Å². The van der Waals surface area contributed by atoms with Gasteiger partial charge < -0.3 is 4.90 Å². The Kier molecular flexibility index (Phi) is 2.02. The van der Waals surface area contributed by atoms with Gasteiger partial charge in [0.1, 0.15) is 5.38 Å². The Balaban J connectivity index is 1.80. The SMILES string of the molecule is N#CC(Cl)CN1CCC2(CC2)C1. The first-order valence-corrected chi connectivity index (χ1v) is 4.94. The minimum Gasteiger partial charge on any atom is -0.300 e. The van der Waals surface area contributed by atoms with Gasteiger partial charge in [-0.05, 0) is 31.2 Å². The molecule has 2 aliphatic rings. The summed E-state index contributed by atoms with van der Waals surface area (Å²) in [4.78, 5) is 2.33. The average molecular weight is 185 g/mol. The molecule has 1 aliphatic carbocycles. The van der Waals surface area contributed by atoms with Crippen molar-refractivity contribution < 1.29 is 0 Å². The second kappa shape index (κ2) is 2.90. The number of halogens is 1. The maximum Gasteiger partial charge on any atom is 0.133 e. The number of rotatable bonds is 2. The van der Waals surface area contributed by atoms with Crippen molar-refractivity contribution in [1.29, 1.82) is 5.26 Å². The Morgan fingerprint density at radius 1 is 1.50 bits per heavy atom. The molecular weight excluding hydrogens is 172 g/mol. The van der Waals surface area contributed by atoms with Crippen molar-refractivity contribution in [2.45, 2.75) is 24.6 Å². The number of nitriles is 1. The zero-order valence-corrected chi connectivity index (χ0v) is 7.85. The molecule has 2 rings (SSSR count). The molecule has 12 heavy (non-hydrogen) atoms. The van der Waals surface area contributed by atoms with Gasteiger partial charge in [0.2, 0.25) is 0 Å². The van der Waals surface area contributed by atoms with Gasteiger partial charge in [-0.1, -0.05) is 0 Å². The van der Waals surface area contributed by atoms with Crippen LogP contribution >= 0.6 is 11.6 Å². The average Bonchev–Trinajstić information content (AvgIpc) is 2.68. The molecule has 0 aromatic heterocycles. The molecular formula is C9H13ClN2. The Hall–Kier alpha value is -0.260. The van der Waals surface area contributed by atoms with Crippen LogP contribution < -0.4 is 0 Å². The van der Waals surface area contributed by atoms with E-state index >= 15 is 0 Å². The van der Waals surface area contributed by atoms with Crippen LogP contribution in [0.15, 0.2) is 0 Å². The van der Waals surface area contributed by atoms with E-state index in [-0.39, 0.29) is 5.38 Å². The third-order valence-electron chi connectivity index (χ3n) is 3.03. The molecule has 2 fully saturated rings. The summed E-state index contributed by atoms with van der Waals surface area (Å²) in [5.41, 5.74) is 0.659. The van der Waals surface area contributed by atoms with Crippen LogP contribution in [-0.4, -0.2) is 29.9 Å². The highest BCUT2D eigenvalue weighted by Gasteiger charge is 2.47. The Bertz CT molecular complexity index is 217. The first-order valence-electron chi connectivity index (χ1n) is 4.50. The van der Waals surface area contributed by atoms with Gasteiger partial charge in [-0.25, -0.2) is 0 Å². The van der Waals surface area contributed by atoms with Crippen molar-refractivity contribution in [1.82, 2.24) is 4.90 Å². The van der Waals surface area contributed by atoms with Crippen LogP contribution in [0.2, 0.25) is 0 Å². The van der Waals surface area contributed by atoms with E-state index in [1.54, 1.807) is 0 Å². The molecule has 0 aromatic carbocycles. The molecule has 0 aromatic rings. The highest BCUT2D eigenvalue weighted by atomic mass is 35.5. The van der Waals surface area contributed by atoms with E-state index in [0.717, 1.165) is 13.1 Å². The molecule has 0 radical (unpaired) electrons. The van der Waals surface area contributed by atoms with Gasteiger partial charge in [-0.15, -0.1) is 11.6 Å². The second-order valence-electron chi connectivity index (χ2n) is 4.08. The summed E-state index contributed by atoms with van der Waals surface area (Å²) < 4.78 is 0. The van der Waals surface area contributed by atoms with Crippen molar-refractivity contribution in [3.8, 4) is 6.07 Å². The Morgan fingerprint density at radius 3 is 2.75 bits per heavy atom. The standard InChI is InChI=1S/C9H13ClN2/c10-8(5-11)6-12-4-3-9(7-12)1-2-9/h8H,1-4,6-7H2. The lowest BCUT2D eigenvalue weighted by atomic mass is 10.1. The van der Waals surface area contributed by atoms with Gasteiger partial charge >= 0.3 is 0 Å². The largest absolute Gasteiger partial charge is 0.300 e. The fourth-order valence-electron chi connectivity index (χ4n) is 2.04. The first kappa shape index (κ1) is 8.34. The number of likely N-dealkylation sites (tertiary alicyclic amines) is 1. The number of hydrogen-bond acceptors (Lipinski definition) is 2. The minimum absolute atomic E-state index is 0.320. The molecule has 2 nitrogen and oxygen atoms in total. The second-order valence-corrected chi connectivity index (χ2v) is 4.61. The molecule has 1 unspecified atom stereocenters. The molecule has 1 saturated heterocycles. The predicted octanol–water partition coefficient (Wildman–Crippen LogP) is 1.60. The third-order valence-corrected chi connectivity index (χ3v) is 3.27. The predicted molar refractivity (Wildman–Crippen MR) is 48.0 cm³/mol. The van der Waals surface area contributed by atoms with E-state index in [1.807, 2.05) is 0 Å². The first-order chi connectivity index (χ1) is 5.74. The minimum atomic E-state index is -0.320. The lowest BCUT2D eigenvalue weighted by Crippen LogP contribution is -2.27. The van der Waals surface area contributed by atoms with E-state index in [1.165, 1.54) is 25.8 Å². The van der Waals surface area contributed by atoms with E-state index in [4.69, 9.17) is 16.9 Å². The fourth-order valence-corrected chi connectivity index (χ4v) is 2.23. The molecule has 3 heteroatoms. The van der Waals surface area contributed by atoms with Crippen LogP contribution in [0, 0.1) is 16.7 Å². The third kappa shape index (κ3) is 1.57. The molecule has 0 amide bonds. The monoisotopic (exact) mass is 184 g/mol. The zero-order valence-electron chi connectivity index (χ0n) is 7.09. The summed E-state index contributed by atoms with van der Waals surface area (Å²) in [6.45, 7) is 3.07. The molecule has 0 N–H and O–H groups in total. The van der Waals surface area contributed by atoms with E-state index in [0.29, 0.717) is 5.41 Å². The summed E-state index contributed by atoms with van der Waals surface area (Å²) in [7, 11) is 0. The van der Waals surface area contributed by atoms with Crippen LogP contribution in [0.4, 0.5) is 0 Å². The molecule has 1 atom stereocenters. The number of alkyl halides is 1. The normalized spacial score (nSPS) is 28.7. The Morgan fingerprint density at radius 2 is 2.25 bits per heavy atom. The van der Waals surface area contributed by atoms with E-state index < -0.39 is 0 Å². The van der Waals surface area contributed by atoms with Crippen molar-refractivity contribution in [2.75, 3.05) is 19.6 Å². The summed E-state index contributed by atoms with van der Waals surface area (Å²) in [5, 5.41) is 8.21. The molecule has 1 saturated carbocycles. The van der Waals surface area contributed by atoms with Crippen LogP contribution in [0.5, 0.6) is 0 Å². The maximum atomic E-state index is 8.53. The van der Waals surface area contributed by atoms with Crippen LogP contribution in [0.3, 0.4) is 0 Å². The van der Waals surface area contributed by atoms with E-state index in [2.05, 4.69) is 11.0 Å². The summed E-state index contributed by atoms with van der Waals surface area (Å²) in [6.07, 6.45) is 4.11. The lowest BCUT2D eigenvalue weighted by Gasteiger charge is -2.15. The quantitative estimate of drug-likeness (QED) is 0.610. The van der Waals surface area contributed by atoms with Gasteiger partial charge in [0, 0.05) is 13.1 Å². The molecule has 1 aliphatic heterocycles. The fraction of sp³-hybridized carbons (Fsp3) is 0.889.